The second-order valence-electron chi connectivity index (χ2n) is 4.57. The van der Waals surface area contributed by atoms with Crippen molar-refractivity contribution in [2.75, 3.05) is 0 Å². The van der Waals surface area contributed by atoms with Crippen molar-refractivity contribution in [3.05, 3.63) is 64.3 Å². The van der Waals surface area contributed by atoms with Crippen LogP contribution >= 0.6 is 0 Å². The van der Waals surface area contributed by atoms with Crippen LogP contribution < -0.4 is 0 Å². The van der Waals surface area contributed by atoms with E-state index in [0.717, 1.165) is 0 Å². The van der Waals surface area contributed by atoms with Gasteiger partial charge in [-0.25, -0.2) is 9.78 Å². The number of carboxylic acid groups (broad SMARTS) is 1. The van der Waals surface area contributed by atoms with E-state index in [4.69, 9.17) is 5.11 Å². The molecule has 0 saturated carbocycles. The van der Waals surface area contributed by atoms with Crippen LogP contribution in [0.15, 0.2) is 48.7 Å². The van der Waals surface area contributed by atoms with Crippen molar-refractivity contribution in [3.63, 3.8) is 0 Å². The molecule has 0 aliphatic heterocycles. The van der Waals surface area contributed by atoms with Crippen LogP contribution in [0.3, 0.4) is 0 Å². The summed E-state index contributed by atoms with van der Waals surface area (Å²) in [4.78, 5) is 29.7. The number of fused-ring (bicyclic) bond motifs is 1. The molecule has 1 N–H and O–H groups in total. The third-order valence-corrected chi connectivity index (χ3v) is 3.16. The zero-order chi connectivity index (χ0) is 15.7. The van der Waals surface area contributed by atoms with E-state index in [0.29, 0.717) is 22.3 Å². The van der Waals surface area contributed by atoms with Crippen molar-refractivity contribution < 1.29 is 14.8 Å². The van der Waals surface area contributed by atoms with Crippen molar-refractivity contribution in [2.24, 2.45) is 0 Å². The first-order valence-corrected chi connectivity index (χ1v) is 6.29. The van der Waals surface area contributed by atoms with Crippen LogP contribution in [-0.4, -0.2) is 26.0 Å². The lowest BCUT2D eigenvalue weighted by Gasteiger charge is -2.03. The first-order chi connectivity index (χ1) is 10.5. The Labute approximate surface area is 124 Å². The minimum Gasteiger partial charge on any atom is -0.478 e. The fourth-order valence-electron chi connectivity index (χ4n) is 2.04. The molecule has 0 radical (unpaired) electrons. The number of hydrogen-bond acceptors (Lipinski definition) is 5. The van der Waals surface area contributed by atoms with Gasteiger partial charge in [0.05, 0.1) is 33.4 Å². The molecule has 2 aromatic carbocycles. The van der Waals surface area contributed by atoms with E-state index < -0.39 is 10.9 Å². The molecule has 1 aromatic heterocycles. The van der Waals surface area contributed by atoms with Crippen molar-refractivity contribution >= 4 is 22.7 Å². The van der Waals surface area contributed by atoms with E-state index in [-0.39, 0.29) is 11.3 Å². The highest BCUT2D eigenvalue weighted by atomic mass is 16.6. The molecule has 7 nitrogen and oxygen atoms in total. The number of carbonyl (C=O) groups is 1. The SMILES string of the molecule is O=C(O)c1ccc(-c2cnc3ccc([N+](=O)[O-])cc3n2)cc1. The molecule has 3 aromatic rings. The number of carboxylic acids is 1. The molecule has 0 atom stereocenters. The van der Waals surface area contributed by atoms with Gasteiger partial charge in [0.15, 0.2) is 0 Å². The number of rotatable bonds is 3. The van der Waals surface area contributed by atoms with Crippen molar-refractivity contribution in [3.8, 4) is 11.3 Å². The molecule has 0 bridgehead atoms. The minimum atomic E-state index is -1.01. The summed E-state index contributed by atoms with van der Waals surface area (Å²) < 4.78 is 0. The first kappa shape index (κ1) is 13.6. The fourth-order valence-corrected chi connectivity index (χ4v) is 2.04. The lowest BCUT2D eigenvalue weighted by Crippen LogP contribution is -1.96. The molecule has 0 saturated heterocycles. The molecular weight excluding hydrogens is 286 g/mol. The van der Waals surface area contributed by atoms with Gasteiger partial charge in [0, 0.05) is 17.7 Å². The van der Waals surface area contributed by atoms with Gasteiger partial charge in [-0.15, -0.1) is 0 Å². The number of nitro benzene ring substituents is 1. The van der Waals surface area contributed by atoms with Gasteiger partial charge < -0.3 is 5.11 Å². The Kier molecular flexibility index (Phi) is 3.23. The summed E-state index contributed by atoms with van der Waals surface area (Å²) in [5.74, 6) is -1.01. The van der Waals surface area contributed by atoms with Gasteiger partial charge in [-0.05, 0) is 18.2 Å². The van der Waals surface area contributed by atoms with Crippen LogP contribution in [0.25, 0.3) is 22.3 Å². The molecule has 3 rings (SSSR count). The Balaban J connectivity index is 2.06. The standard InChI is InChI=1S/C15H9N3O4/c19-15(20)10-3-1-9(2-4-10)14-8-16-12-6-5-11(18(21)22)7-13(12)17-14/h1-8H,(H,19,20). The maximum absolute atomic E-state index is 10.8. The predicted octanol–water partition coefficient (Wildman–Crippen LogP) is 2.90. The maximum atomic E-state index is 10.8. The summed E-state index contributed by atoms with van der Waals surface area (Å²) in [6.45, 7) is 0. The van der Waals surface area contributed by atoms with E-state index in [1.165, 1.54) is 30.3 Å². The molecule has 108 valence electrons. The lowest BCUT2D eigenvalue weighted by atomic mass is 10.1. The number of aromatic carboxylic acids is 1. The Morgan fingerprint density at radius 3 is 2.45 bits per heavy atom. The predicted molar refractivity (Wildman–Crippen MR) is 78.6 cm³/mol. The number of nitro groups is 1. The van der Waals surface area contributed by atoms with Crippen LogP contribution in [0, 0.1) is 10.1 Å². The highest BCUT2D eigenvalue weighted by Gasteiger charge is 2.09. The second kappa shape index (κ2) is 5.21. The molecule has 1 heterocycles. The van der Waals surface area contributed by atoms with Gasteiger partial charge >= 0.3 is 5.97 Å². The van der Waals surface area contributed by atoms with E-state index in [2.05, 4.69) is 9.97 Å². The molecule has 0 unspecified atom stereocenters. The molecule has 0 spiro atoms. The van der Waals surface area contributed by atoms with Crippen molar-refractivity contribution in [1.29, 1.82) is 0 Å². The molecular formula is C15H9N3O4. The third kappa shape index (κ3) is 2.47. The fraction of sp³-hybridized carbons (Fsp3) is 0. The van der Waals surface area contributed by atoms with Gasteiger partial charge in [0.2, 0.25) is 0 Å². The average molecular weight is 295 g/mol. The molecule has 7 heteroatoms. The first-order valence-electron chi connectivity index (χ1n) is 6.29. The van der Waals surface area contributed by atoms with Gasteiger partial charge in [0.1, 0.15) is 0 Å². The van der Waals surface area contributed by atoms with E-state index in [1.54, 1.807) is 18.3 Å². The lowest BCUT2D eigenvalue weighted by molar-refractivity contribution is -0.384. The number of nitrogens with zero attached hydrogens (tertiary/aromatic N) is 3. The van der Waals surface area contributed by atoms with E-state index in [9.17, 15) is 14.9 Å². The Bertz CT molecular complexity index is 891. The van der Waals surface area contributed by atoms with E-state index >= 15 is 0 Å². The van der Waals surface area contributed by atoms with Gasteiger partial charge in [0.25, 0.3) is 5.69 Å². The topological polar surface area (TPSA) is 106 Å². The zero-order valence-corrected chi connectivity index (χ0v) is 11.1. The minimum absolute atomic E-state index is 0.0554. The summed E-state index contributed by atoms with van der Waals surface area (Å²) in [5, 5.41) is 19.7. The monoisotopic (exact) mass is 295 g/mol. The smallest absolute Gasteiger partial charge is 0.335 e. The Morgan fingerprint density at radius 2 is 1.82 bits per heavy atom. The summed E-state index contributed by atoms with van der Waals surface area (Å²) in [6, 6.07) is 10.5. The summed E-state index contributed by atoms with van der Waals surface area (Å²) in [6.07, 6.45) is 1.55. The molecule has 0 amide bonds. The molecule has 0 aliphatic rings. The normalized spacial score (nSPS) is 10.5. The summed E-state index contributed by atoms with van der Waals surface area (Å²) in [5.41, 5.74) is 2.29. The van der Waals surface area contributed by atoms with Gasteiger partial charge in [-0.2, -0.15) is 0 Å². The van der Waals surface area contributed by atoms with Crippen LogP contribution in [-0.2, 0) is 0 Å². The number of aromatic nitrogens is 2. The molecule has 22 heavy (non-hydrogen) atoms. The van der Waals surface area contributed by atoms with Crippen LogP contribution in [0.1, 0.15) is 10.4 Å². The second-order valence-corrected chi connectivity index (χ2v) is 4.57. The number of non-ortho nitro benzene ring substituents is 1. The van der Waals surface area contributed by atoms with Crippen LogP contribution in [0.2, 0.25) is 0 Å². The average Bonchev–Trinajstić information content (AvgIpc) is 2.53. The number of benzene rings is 2. The van der Waals surface area contributed by atoms with Crippen LogP contribution in [0.5, 0.6) is 0 Å². The van der Waals surface area contributed by atoms with Gasteiger partial charge in [-0.3, -0.25) is 15.1 Å². The zero-order valence-electron chi connectivity index (χ0n) is 11.1. The molecule has 0 fully saturated rings. The summed E-state index contributed by atoms with van der Waals surface area (Å²) >= 11 is 0. The largest absolute Gasteiger partial charge is 0.478 e. The Morgan fingerprint density at radius 1 is 1.09 bits per heavy atom. The third-order valence-electron chi connectivity index (χ3n) is 3.16. The van der Waals surface area contributed by atoms with Crippen molar-refractivity contribution in [1.82, 2.24) is 9.97 Å². The van der Waals surface area contributed by atoms with E-state index in [1.807, 2.05) is 0 Å². The number of hydrogen-bond donors (Lipinski definition) is 1. The highest BCUT2D eigenvalue weighted by Crippen LogP contribution is 2.22. The van der Waals surface area contributed by atoms with Crippen LogP contribution in [0.4, 0.5) is 5.69 Å². The summed E-state index contributed by atoms with van der Waals surface area (Å²) in [7, 11) is 0. The van der Waals surface area contributed by atoms with Gasteiger partial charge in [-0.1, -0.05) is 12.1 Å². The maximum Gasteiger partial charge on any atom is 0.335 e. The van der Waals surface area contributed by atoms with Crippen molar-refractivity contribution in [2.45, 2.75) is 0 Å². The highest BCUT2D eigenvalue weighted by molar-refractivity contribution is 5.88. The molecule has 0 aliphatic carbocycles. The Hall–Kier alpha value is -3.35. The quantitative estimate of drug-likeness (QED) is 0.588.